The minimum Gasteiger partial charge on any atom is -0.451 e. The van der Waals surface area contributed by atoms with E-state index in [9.17, 15) is 9.59 Å². The average molecular weight is 371 g/mol. The molecule has 0 aliphatic heterocycles. The molecule has 0 radical (unpaired) electrons. The van der Waals surface area contributed by atoms with Crippen molar-refractivity contribution in [1.82, 2.24) is 10.2 Å². The van der Waals surface area contributed by atoms with Crippen LogP contribution in [0.15, 0.2) is 63.8 Å². The van der Waals surface area contributed by atoms with Crippen molar-refractivity contribution in [2.45, 2.75) is 6.04 Å². The van der Waals surface area contributed by atoms with Gasteiger partial charge in [0.15, 0.2) is 11.2 Å². The van der Waals surface area contributed by atoms with Crippen molar-refractivity contribution in [3.05, 3.63) is 81.2 Å². The number of nitrogens with one attached hydrogen (secondary N) is 1. The summed E-state index contributed by atoms with van der Waals surface area (Å²) in [6, 6.07) is 15.5. The topological polar surface area (TPSA) is 62.6 Å². The van der Waals surface area contributed by atoms with E-state index >= 15 is 0 Å². The van der Waals surface area contributed by atoms with Crippen LogP contribution < -0.4 is 10.7 Å². The van der Waals surface area contributed by atoms with Gasteiger partial charge in [-0.1, -0.05) is 41.9 Å². The van der Waals surface area contributed by atoms with Crippen LogP contribution in [-0.4, -0.2) is 31.4 Å². The van der Waals surface area contributed by atoms with Crippen molar-refractivity contribution in [2.75, 3.05) is 20.6 Å². The highest BCUT2D eigenvalue weighted by Gasteiger charge is 2.19. The lowest BCUT2D eigenvalue weighted by molar-refractivity contribution is 0.0914. The second kappa shape index (κ2) is 7.72. The number of fused-ring (bicyclic) bond motifs is 1. The van der Waals surface area contributed by atoms with E-state index in [4.69, 9.17) is 16.0 Å². The fraction of sp³-hybridized carbons (Fsp3) is 0.200. The molecule has 5 nitrogen and oxygen atoms in total. The van der Waals surface area contributed by atoms with E-state index in [1.165, 1.54) is 6.07 Å². The molecule has 0 spiro atoms. The van der Waals surface area contributed by atoms with Gasteiger partial charge in [-0.25, -0.2) is 0 Å². The normalized spacial score (nSPS) is 12.3. The maximum absolute atomic E-state index is 12.5. The number of nitrogens with zero attached hydrogens (tertiary/aromatic N) is 1. The summed E-state index contributed by atoms with van der Waals surface area (Å²) in [5, 5.41) is 3.91. The molecule has 3 aromatic rings. The lowest BCUT2D eigenvalue weighted by Gasteiger charge is -2.25. The number of halogens is 1. The predicted octanol–water partition coefficient (Wildman–Crippen LogP) is 3.48. The first-order valence-electron chi connectivity index (χ1n) is 8.19. The lowest BCUT2D eigenvalue weighted by Crippen LogP contribution is -2.35. The van der Waals surface area contributed by atoms with Crippen LogP contribution in [0.5, 0.6) is 0 Å². The third-order valence-corrected chi connectivity index (χ3v) is 4.55. The van der Waals surface area contributed by atoms with Gasteiger partial charge in [-0.05, 0) is 37.9 Å². The fourth-order valence-electron chi connectivity index (χ4n) is 2.81. The number of hydrogen-bond acceptors (Lipinski definition) is 4. The Bertz CT molecular complexity index is 998. The van der Waals surface area contributed by atoms with E-state index in [0.29, 0.717) is 22.5 Å². The van der Waals surface area contributed by atoms with Crippen molar-refractivity contribution in [2.24, 2.45) is 0 Å². The van der Waals surface area contributed by atoms with Gasteiger partial charge in [-0.2, -0.15) is 0 Å². The van der Waals surface area contributed by atoms with Gasteiger partial charge in [0.1, 0.15) is 5.58 Å². The van der Waals surface area contributed by atoms with E-state index in [2.05, 4.69) is 5.32 Å². The van der Waals surface area contributed by atoms with Gasteiger partial charge in [0.05, 0.1) is 11.4 Å². The van der Waals surface area contributed by atoms with E-state index in [1.54, 1.807) is 24.3 Å². The molecule has 1 atom stereocenters. The van der Waals surface area contributed by atoms with Crippen LogP contribution in [0.3, 0.4) is 0 Å². The van der Waals surface area contributed by atoms with Gasteiger partial charge in [-0.3, -0.25) is 9.59 Å². The number of rotatable bonds is 5. The molecule has 0 fully saturated rings. The van der Waals surface area contributed by atoms with Crippen molar-refractivity contribution in [3.63, 3.8) is 0 Å². The number of carbonyl (C=O) groups excluding carboxylic acids is 1. The van der Waals surface area contributed by atoms with Crippen molar-refractivity contribution < 1.29 is 9.21 Å². The zero-order valence-electron chi connectivity index (χ0n) is 14.5. The summed E-state index contributed by atoms with van der Waals surface area (Å²) < 4.78 is 5.57. The van der Waals surface area contributed by atoms with Crippen LogP contribution in [0.1, 0.15) is 22.2 Å². The van der Waals surface area contributed by atoms with Crippen molar-refractivity contribution >= 4 is 28.5 Å². The maximum Gasteiger partial charge on any atom is 0.287 e. The summed E-state index contributed by atoms with van der Waals surface area (Å²) in [4.78, 5) is 26.6. The van der Waals surface area contributed by atoms with Crippen molar-refractivity contribution in [1.29, 1.82) is 0 Å². The Balaban J connectivity index is 1.81. The second-order valence-corrected chi connectivity index (χ2v) is 6.59. The van der Waals surface area contributed by atoms with E-state index in [1.807, 2.05) is 43.3 Å². The smallest absolute Gasteiger partial charge is 0.287 e. The molecule has 26 heavy (non-hydrogen) atoms. The van der Waals surface area contributed by atoms with Crippen LogP contribution in [0.25, 0.3) is 11.0 Å². The molecular weight excluding hydrogens is 352 g/mol. The number of para-hydroxylation sites is 1. The molecule has 1 unspecified atom stereocenters. The predicted molar refractivity (Wildman–Crippen MR) is 103 cm³/mol. The third-order valence-electron chi connectivity index (χ3n) is 4.20. The summed E-state index contributed by atoms with van der Waals surface area (Å²) in [7, 11) is 3.83. The maximum atomic E-state index is 12.5. The molecule has 0 saturated heterocycles. The first-order valence-corrected chi connectivity index (χ1v) is 8.57. The molecule has 0 saturated carbocycles. The minimum absolute atomic E-state index is 0.00892. The third kappa shape index (κ3) is 3.79. The van der Waals surface area contributed by atoms with E-state index < -0.39 is 5.91 Å². The molecule has 0 aliphatic rings. The summed E-state index contributed by atoms with van der Waals surface area (Å²) in [6.45, 7) is 0.325. The highest BCUT2D eigenvalue weighted by Crippen LogP contribution is 2.25. The van der Waals surface area contributed by atoms with Crippen LogP contribution in [0.2, 0.25) is 5.02 Å². The minimum atomic E-state index is -0.438. The van der Waals surface area contributed by atoms with Crippen molar-refractivity contribution in [3.8, 4) is 0 Å². The molecule has 0 bridgehead atoms. The van der Waals surface area contributed by atoms with E-state index in [0.717, 1.165) is 5.56 Å². The quantitative estimate of drug-likeness (QED) is 0.746. The molecule has 1 heterocycles. The SMILES string of the molecule is CN(C)C(CNC(=O)c1cc(=O)c2ccccc2o1)c1ccccc1Cl. The van der Waals surface area contributed by atoms with Gasteiger partial charge < -0.3 is 14.6 Å². The number of likely N-dealkylation sites (N-methyl/N-ethyl adjacent to an activating group) is 1. The Morgan fingerprint density at radius 1 is 1.15 bits per heavy atom. The molecule has 6 heteroatoms. The van der Waals surface area contributed by atoms with E-state index in [-0.39, 0.29) is 17.2 Å². The van der Waals surface area contributed by atoms with Crippen LogP contribution in [0, 0.1) is 0 Å². The molecule has 0 aliphatic carbocycles. The Labute approximate surface area is 156 Å². The second-order valence-electron chi connectivity index (χ2n) is 6.18. The lowest BCUT2D eigenvalue weighted by atomic mass is 10.1. The standard InChI is InChI=1S/C20H19ClN2O3/c1-23(2)16(13-7-3-5-9-15(13)21)12-22-20(25)19-11-17(24)14-8-4-6-10-18(14)26-19/h3-11,16H,12H2,1-2H3,(H,22,25). The Kier molecular flexibility index (Phi) is 5.40. The monoisotopic (exact) mass is 370 g/mol. The average Bonchev–Trinajstić information content (AvgIpc) is 2.63. The van der Waals surface area contributed by atoms with Crippen LogP contribution in [-0.2, 0) is 0 Å². The summed E-state index contributed by atoms with van der Waals surface area (Å²) in [5.74, 6) is -0.447. The molecular formula is C20H19ClN2O3. The number of amides is 1. The van der Waals surface area contributed by atoms with Crippen LogP contribution >= 0.6 is 11.6 Å². The highest BCUT2D eigenvalue weighted by atomic mass is 35.5. The molecule has 1 amide bonds. The molecule has 2 aromatic carbocycles. The number of carbonyl (C=O) groups is 1. The Hall–Kier alpha value is -2.63. The van der Waals surface area contributed by atoms with Gasteiger partial charge in [0, 0.05) is 17.6 Å². The van der Waals surface area contributed by atoms with Gasteiger partial charge in [-0.15, -0.1) is 0 Å². The first-order chi connectivity index (χ1) is 12.5. The van der Waals surface area contributed by atoms with Crippen LogP contribution in [0.4, 0.5) is 0 Å². The highest BCUT2D eigenvalue weighted by molar-refractivity contribution is 6.31. The van der Waals surface area contributed by atoms with Gasteiger partial charge in [0.25, 0.3) is 5.91 Å². The molecule has 134 valence electrons. The molecule has 3 rings (SSSR count). The summed E-state index contributed by atoms with van der Waals surface area (Å²) >= 11 is 6.28. The first kappa shape index (κ1) is 18.2. The summed E-state index contributed by atoms with van der Waals surface area (Å²) in [5.41, 5.74) is 1.06. The fourth-order valence-corrected chi connectivity index (χ4v) is 3.07. The number of hydrogen-bond donors (Lipinski definition) is 1. The van der Waals surface area contributed by atoms with Gasteiger partial charge in [0.2, 0.25) is 0 Å². The summed E-state index contributed by atoms with van der Waals surface area (Å²) in [6.07, 6.45) is 0. The molecule has 1 aromatic heterocycles. The molecule has 1 N–H and O–H groups in total. The zero-order chi connectivity index (χ0) is 18.7. The van der Waals surface area contributed by atoms with Gasteiger partial charge >= 0.3 is 0 Å². The largest absolute Gasteiger partial charge is 0.451 e. The Morgan fingerprint density at radius 2 is 1.85 bits per heavy atom. The number of benzene rings is 2. The Morgan fingerprint density at radius 3 is 2.58 bits per heavy atom. The zero-order valence-corrected chi connectivity index (χ0v) is 15.3.